The van der Waals surface area contributed by atoms with Crippen LogP contribution in [0.4, 0.5) is 0 Å². The van der Waals surface area contributed by atoms with E-state index >= 15 is 0 Å². The van der Waals surface area contributed by atoms with E-state index in [-0.39, 0.29) is 0 Å². The van der Waals surface area contributed by atoms with Gasteiger partial charge < -0.3 is 5.32 Å². The van der Waals surface area contributed by atoms with Crippen LogP contribution in [0.2, 0.25) is 0 Å². The van der Waals surface area contributed by atoms with Crippen LogP contribution in [0.25, 0.3) is 0 Å². The maximum atomic E-state index is 3.64. The van der Waals surface area contributed by atoms with Crippen LogP contribution >= 0.6 is 0 Å². The number of hydrogen-bond acceptors (Lipinski definition) is 2. The highest BCUT2D eigenvalue weighted by molar-refractivity contribution is 4.80. The maximum absolute atomic E-state index is 3.64. The van der Waals surface area contributed by atoms with Crippen LogP contribution in [0.15, 0.2) is 0 Å². The summed E-state index contributed by atoms with van der Waals surface area (Å²) in [7, 11) is 0. The molecule has 0 aromatic rings. The van der Waals surface area contributed by atoms with Gasteiger partial charge in [-0.05, 0) is 45.7 Å². The number of unbranched alkanes of at least 4 members (excludes halogenated alkanes) is 3. The van der Waals surface area contributed by atoms with E-state index in [0.717, 1.165) is 12.1 Å². The molecule has 1 saturated heterocycles. The van der Waals surface area contributed by atoms with Crippen molar-refractivity contribution in [2.75, 3.05) is 19.6 Å². The first-order valence-electron chi connectivity index (χ1n) is 8.25. The van der Waals surface area contributed by atoms with Gasteiger partial charge in [-0.1, -0.05) is 39.5 Å². The largest absolute Gasteiger partial charge is 0.313 e. The first-order chi connectivity index (χ1) is 8.77. The minimum Gasteiger partial charge on any atom is -0.313 e. The summed E-state index contributed by atoms with van der Waals surface area (Å²) in [6.07, 6.45) is 10.9. The van der Waals surface area contributed by atoms with E-state index in [1.807, 2.05) is 0 Å². The molecule has 1 fully saturated rings. The summed E-state index contributed by atoms with van der Waals surface area (Å²) in [5.41, 5.74) is 0. The average molecular weight is 254 g/mol. The maximum Gasteiger partial charge on any atom is 0.0195 e. The van der Waals surface area contributed by atoms with Crippen LogP contribution in [-0.2, 0) is 0 Å². The number of rotatable bonds is 10. The van der Waals surface area contributed by atoms with Gasteiger partial charge in [-0.25, -0.2) is 0 Å². The highest BCUT2D eigenvalue weighted by Crippen LogP contribution is 2.14. The highest BCUT2D eigenvalue weighted by atomic mass is 15.2. The lowest BCUT2D eigenvalue weighted by molar-refractivity contribution is 0.177. The average Bonchev–Trinajstić information content (AvgIpc) is 2.87. The van der Waals surface area contributed by atoms with E-state index in [2.05, 4.69) is 31.0 Å². The summed E-state index contributed by atoms with van der Waals surface area (Å²) in [4.78, 5) is 2.74. The molecule has 0 spiro atoms. The third-order valence-corrected chi connectivity index (χ3v) is 4.26. The Kier molecular flexibility index (Phi) is 8.70. The molecule has 0 saturated carbocycles. The van der Waals surface area contributed by atoms with Crippen molar-refractivity contribution < 1.29 is 0 Å². The lowest BCUT2D eigenvalue weighted by atomic mass is 10.1. The SMILES string of the molecule is CCCCCC(C)N(CCCC)CC1CCCN1. The number of hydrogen-bond donors (Lipinski definition) is 1. The van der Waals surface area contributed by atoms with Gasteiger partial charge in [0.1, 0.15) is 0 Å². The number of nitrogens with one attached hydrogen (secondary N) is 1. The van der Waals surface area contributed by atoms with Gasteiger partial charge in [0.2, 0.25) is 0 Å². The van der Waals surface area contributed by atoms with E-state index in [0.29, 0.717) is 0 Å². The third kappa shape index (κ3) is 6.19. The van der Waals surface area contributed by atoms with Gasteiger partial charge in [0.15, 0.2) is 0 Å². The molecule has 0 aromatic heterocycles. The van der Waals surface area contributed by atoms with E-state index in [9.17, 15) is 0 Å². The normalized spacial score (nSPS) is 21.7. The van der Waals surface area contributed by atoms with Crippen LogP contribution in [0.1, 0.15) is 72.1 Å². The standard InChI is InChI=1S/C16H34N2/c1-4-6-8-10-15(3)18(13-7-5-2)14-16-11-9-12-17-16/h15-17H,4-14H2,1-3H3. The molecule has 1 aliphatic heterocycles. The minimum atomic E-state index is 0.760. The third-order valence-electron chi connectivity index (χ3n) is 4.26. The molecule has 0 aliphatic carbocycles. The zero-order valence-corrected chi connectivity index (χ0v) is 12.9. The van der Waals surface area contributed by atoms with Crippen LogP contribution in [-0.4, -0.2) is 36.6 Å². The molecule has 108 valence electrons. The number of nitrogens with zero attached hydrogens (tertiary/aromatic N) is 1. The second-order valence-corrected chi connectivity index (χ2v) is 5.99. The Bertz CT molecular complexity index is 188. The van der Waals surface area contributed by atoms with Crippen LogP contribution in [0, 0.1) is 0 Å². The van der Waals surface area contributed by atoms with Crippen molar-refractivity contribution in [3.63, 3.8) is 0 Å². The van der Waals surface area contributed by atoms with E-state index in [4.69, 9.17) is 0 Å². The minimum absolute atomic E-state index is 0.760. The molecule has 2 heteroatoms. The molecule has 2 atom stereocenters. The summed E-state index contributed by atoms with van der Waals surface area (Å²) in [5.74, 6) is 0. The van der Waals surface area contributed by atoms with Gasteiger partial charge in [0.25, 0.3) is 0 Å². The van der Waals surface area contributed by atoms with Crippen LogP contribution in [0.5, 0.6) is 0 Å². The van der Waals surface area contributed by atoms with Crippen molar-refractivity contribution in [3.05, 3.63) is 0 Å². The second-order valence-electron chi connectivity index (χ2n) is 5.99. The molecule has 1 aliphatic rings. The van der Waals surface area contributed by atoms with Gasteiger partial charge >= 0.3 is 0 Å². The molecule has 0 amide bonds. The Morgan fingerprint density at radius 1 is 1.17 bits per heavy atom. The van der Waals surface area contributed by atoms with Gasteiger partial charge in [-0.15, -0.1) is 0 Å². The quantitative estimate of drug-likeness (QED) is 0.596. The Morgan fingerprint density at radius 2 is 1.94 bits per heavy atom. The predicted molar refractivity (Wildman–Crippen MR) is 81.1 cm³/mol. The molecule has 0 aromatic carbocycles. The monoisotopic (exact) mass is 254 g/mol. The van der Waals surface area contributed by atoms with Crippen molar-refractivity contribution >= 4 is 0 Å². The molecular formula is C16H34N2. The van der Waals surface area contributed by atoms with Crippen molar-refractivity contribution in [2.24, 2.45) is 0 Å². The summed E-state index contributed by atoms with van der Waals surface area (Å²) in [6, 6.07) is 1.53. The summed E-state index contributed by atoms with van der Waals surface area (Å²) < 4.78 is 0. The topological polar surface area (TPSA) is 15.3 Å². The predicted octanol–water partition coefficient (Wildman–Crippen LogP) is 3.81. The van der Waals surface area contributed by atoms with E-state index < -0.39 is 0 Å². The molecule has 2 unspecified atom stereocenters. The van der Waals surface area contributed by atoms with Gasteiger partial charge in [-0.2, -0.15) is 0 Å². The van der Waals surface area contributed by atoms with Crippen molar-refractivity contribution in [1.29, 1.82) is 0 Å². The van der Waals surface area contributed by atoms with E-state index in [1.54, 1.807) is 0 Å². The Morgan fingerprint density at radius 3 is 2.56 bits per heavy atom. The molecular weight excluding hydrogens is 220 g/mol. The van der Waals surface area contributed by atoms with Crippen molar-refractivity contribution in [3.8, 4) is 0 Å². The zero-order valence-electron chi connectivity index (χ0n) is 12.9. The van der Waals surface area contributed by atoms with Crippen LogP contribution in [0.3, 0.4) is 0 Å². The van der Waals surface area contributed by atoms with Gasteiger partial charge in [0.05, 0.1) is 0 Å². The fourth-order valence-corrected chi connectivity index (χ4v) is 2.92. The Balaban J connectivity index is 2.31. The van der Waals surface area contributed by atoms with Gasteiger partial charge in [0, 0.05) is 18.6 Å². The van der Waals surface area contributed by atoms with Crippen molar-refractivity contribution in [2.45, 2.75) is 84.2 Å². The lowest BCUT2D eigenvalue weighted by Crippen LogP contribution is -2.42. The molecule has 1 rings (SSSR count). The smallest absolute Gasteiger partial charge is 0.0195 e. The molecule has 0 radical (unpaired) electrons. The summed E-state index contributed by atoms with van der Waals surface area (Å²) in [6.45, 7) is 10.8. The molecule has 0 bridgehead atoms. The Labute approximate surface area is 115 Å². The second kappa shape index (κ2) is 9.80. The summed E-state index contributed by atoms with van der Waals surface area (Å²) in [5, 5.41) is 3.64. The van der Waals surface area contributed by atoms with E-state index in [1.165, 1.54) is 71.0 Å². The molecule has 1 heterocycles. The van der Waals surface area contributed by atoms with Crippen molar-refractivity contribution in [1.82, 2.24) is 10.2 Å². The molecule has 18 heavy (non-hydrogen) atoms. The first-order valence-corrected chi connectivity index (χ1v) is 8.25. The van der Waals surface area contributed by atoms with Crippen LogP contribution < -0.4 is 5.32 Å². The first kappa shape index (κ1) is 16.0. The van der Waals surface area contributed by atoms with Gasteiger partial charge in [-0.3, -0.25) is 4.90 Å². The summed E-state index contributed by atoms with van der Waals surface area (Å²) >= 11 is 0. The fourth-order valence-electron chi connectivity index (χ4n) is 2.92. The molecule has 2 nitrogen and oxygen atoms in total. The lowest BCUT2D eigenvalue weighted by Gasteiger charge is -2.31. The zero-order chi connectivity index (χ0) is 13.2. The molecule has 1 N–H and O–H groups in total. The fraction of sp³-hybridized carbons (Fsp3) is 1.00. The highest BCUT2D eigenvalue weighted by Gasteiger charge is 2.20. The Hall–Kier alpha value is -0.0800.